The average molecular weight is 339 g/mol. The molecule has 0 amide bonds. The van der Waals surface area contributed by atoms with Crippen molar-refractivity contribution in [3.8, 4) is 0 Å². The van der Waals surface area contributed by atoms with Gasteiger partial charge in [-0.15, -0.1) is 0 Å². The van der Waals surface area contributed by atoms with Crippen molar-refractivity contribution in [3.05, 3.63) is 71.8 Å². The fourth-order valence-electron chi connectivity index (χ4n) is 3.07. The van der Waals surface area contributed by atoms with Gasteiger partial charge in [-0.25, -0.2) is 0 Å². The molecule has 0 aromatic heterocycles. The van der Waals surface area contributed by atoms with E-state index in [-0.39, 0.29) is 0 Å². The second-order valence-electron chi connectivity index (χ2n) is 6.66. The molecule has 1 unspecified atom stereocenters. The lowest BCUT2D eigenvalue weighted by Gasteiger charge is -2.32. The Bertz CT molecular complexity index is 637. The normalized spacial score (nSPS) is 14.9. The van der Waals surface area contributed by atoms with Crippen LogP contribution in [0.15, 0.2) is 60.7 Å². The molecule has 1 aliphatic carbocycles. The van der Waals surface area contributed by atoms with E-state index in [1.807, 2.05) is 0 Å². The highest BCUT2D eigenvalue weighted by molar-refractivity contribution is 7.80. The smallest absolute Gasteiger partial charge is 0.169 e. The molecule has 126 valence electrons. The van der Waals surface area contributed by atoms with Gasteiger partial charge in [0.15, 0.2) is 5.11 Å². The molecule has 1 saturated carbocycles. The van der Waals surface area contributed by atoms with Gasteiger partial charge in [0.05, 0.1) is 0 Å². The Morgan fingerprint density at radius 3 is 2.21 bits per heavy atom. The lowest BCUT2D eigenvalue weighted by molar-refractivity contribution is 0.290. The Kier molecular flexibility index (Phi) is 5.86. The van der Waals surface area contributed by atoms with Crippen LogP contribution in [0, 0.1) is 5.92 Å². The number of rotatable bonds is 7. The molecule has 1 aliphatic rings. The van der Waals surface area contributed by atoms with Gasteiger partial charge in [-0.3, -0.25) is 0 Å². The van der Waals surface area contributed by atoms with E-state index in [1.54, 1.807) is 0 Å². The fourth-order valence-corrected chi connectivity index (χ4v) is 3.41. The van der Waals surface area contributed by atoms with Crippen molar-refractivity contribution in [2.24, 2.45) is 5.92 Å². The Morgan fingerprint density at radius 2 is 1.62 bits per heavy atom. The van der Waals surface area contributed by atoms with Crippen molar-refractivity contribution in [1.29, 1.82) is 0 Å². The van der Waals surface area contributed by atoms with E-state index in [2.05, 4.69) is 77.8 Å². The summed E-state index contributed by atoms with van der Waals surface area (Å²) in [4.78, 5) is 2.37. The lowest BCUT2D eigenvalue weighted by Crippen LogP contribution is -2.45. The standard InChI is InChI=1S/C21H26N2S/c1-17(20-12-13-20)23(16-19-10-6-3-7-11-19)21(24)22-15-14-18-8-4-2-5-9-18/h2-11,17,20H,12-16H2,1H3,(H,22,24). The second kappa shape index (κ2) is 8.29. The van der Waals surface area contributed by atoms with Crippen LogP contribution in [0.5, 0.6) is 0 Å². The number of nitrogens with one attached hydrogen (secondary N) is 1. The van der Waals surface area contributed by atoms with E-state index in [0.717, 1.165) is 30.5 Å². The number of nitrogens with zero attached hydrogens (tertiary/aromatic N) is 1. The van der Waals surface area contributed by atoms with Crippen LogP contribution < -0.4 is 5.32 Å². The lowest BCUT2D eigenvalue weighted by atomic mass is 10.1. The molecular formula is C21H26N2S. The van der Waals surface area contributed by atoms with E-state index in [1.165, 1.54) is 24.0 Å². The molecule has 0 saturated heterocycles. The van der Waals surface area contributed by atoms with Crippen LogP contribution in [0.2, 0.25) is 0 Å². The molecule has 0 aliphatic heterocycles. The van der Waals surface area contributed by atoms with Gasteiger partial charge in [-0.1, -0.05) is 60.7 Å². The zero-order valence-electron chi connectivity index (χ0n) is 14.3. The van der Waals surface area contributed by atoms with Gasteiger partial charge < -0.3 is 10.2 Å². The highest BCUT2D eigenvalue weighted by atomic mass is 32.1. The predicted octanol–water partition coefficient (Wildman–Crippen LogP) is 4.40. The average Bonchev–Trinajstić information content (AvgIpc) is 3.46. The minimum atomic E-state index is 0.502. The Hall–Kier alpha value is -1.87. The molecular weight excluding hydrogens is 312 g/mol. The third-order valence-electron chi connectivity index (χ3n) is 4.79. The van der Waals surface area contributed by atoms with Crippen molar-refractivity contribution < 1.29 is 0 Å². The van der Waals surface area contributed by atoms with Crippen molar-refractivity contribution in [1.82, 2.24) is 10.2 Å². The predicted molar refractivity (Wildman–Crippen MR) is 105 cm³/mol. The van der Waals surface area contributed by atoms with Crippen molar-refractivity contribution >= 4 is 17.3 Å². The molecule has 0 spiro atoms. The second-order valence-corrected chi connectivity index (χ2v) is 7.05. The molecule has 1 atom stereocenters. The summed E-state index contributed by atoms with van der Waals surface area (Å²) in [7, 11) is 0. The van der Waals surface area contributed by atoms with E-state index in [4.69, 9.17) is 12.2 Å². The summed E-state index contributed by atoms with van der Waals surface area (Å²) in [5, 5.41) is 4.36. The monoisotopic (exact) mass is 338 g/mol. The minimum absolute atomic E-state index is 0.502. The third kappa shape index (κ3) is 4.81. The number of hydrogen-bond donors (Lipinski definition) is 1. The molecule has 0 radical (unpaired) electrons. The van der Waals surface area contributed by atoms with Gasteiger partial charge in [0.25, 0.3) is 0 Å². The first kappa shape index (κ1) is 17.0. The molecule has 3 heteroatoms. The van der Waals surface area contributed by atoms with Crippen molar-refractivity contribution in [2.75, 3.05) is 6.54 Å². The van der Waals surface area contributed by atoms with E-state index < -0.39 is 0 Å². The molecule has 3 rings (SSSR count). The molecule has 2 aromatic carbocycles. The van der Waals surface area contributed by atoms with Crippen LogP contribution in [-0.4, -0.2) is 22.6 Å². The van der Waals surface area contributed by atoms with Gasteiger partial charge in [0, 0.05) is 19.1 Å². The third-order valence-corrected chi connectivity index (χ3v) is 5.16. The van der Waals surface area contributed by atoms with Crippen LogP contribution in [0.1, 0.15) is 30.9 Å². The maximum absolute atomic E-state index is 5.73. The SMILES string of the molecule is CC(C1CC1)N(Cc1ccccc1)C(=S)NCCc1ccccc1. The molecule has 24 heavy (non-hydrogen) atoms. The number of benzene rings is 2. The maximum Gasteiger partial charge on any atom is 0.169 e. The number of thiocarbonyl (C=S) groups is 1. The molecule has 2 aromatic rings. The number of hydrogen-bond acceptors (Lipinski definition) is 1. The van der Waals surface area contributed by atoms with Crippen LogP contribution in [0.4, 0.5) is 0 Å². The molecule has 2 nitrogen and oxygen atoms in total. The van der Waals surface area contributed by atoms with Crippen molar-refractivity contribution in [2.45, 2.75) is 38.8 Å². The largest absolute Gasteiger partial charge is 0.362 e. The van der Waals surface area contributed by atoms with Gasteiger partial charge in [-0.05, 0) is 55.4 Å². The summed E-state index contributed by atoms with van der Waals surface area (Å²) in [6, 6.07) is 21.7. The first-order valence-electron chi connectivity index (χ1n) is 8.86. The maximum atomic E-state index is 5.73. The summed E-state index contributed by atoms with van der Waals surface area (Å²) in [5.74, 6) is 0.794. The highest BCUT2D eigenvalue weighted by Gasteiger charge is 2.33. The summed E-state index contributed by atoms with van der Waals surface area (Å²) in [6.45, 7) is 4.08. The quantitative estimate of drug-likeness (QED) is 0.753. The Labute approximate surface area is 150 Å². The first-order chi connectivity index (χ1) is 11.7. The van der Waals surface area contributed by atoms with E-state index in [9.17, 15) is 0 Å². The van der Waals surface area contributed by atoms with E-state index >= 15 is 0 Å². The van der Waals surface area contributed by atoms with Crippen LogP contribution >= 0.6 is 12.2 Å². The molecule has 0 heterocycles. The summed E-state index contributed by atoms with van der Waals surface area (Å²) < 4.78 is 0. The summed E-state index contributed by atoms with van der Waals surface area (Å²) >= 11 is 5.73. The van der Waals surface area contributed by atoms with Gasteiger partial charge in [-0.2, -0.15) is 0 Å². The first-order valence-corrected chi connectivity index (χ1v) is 9.27. The van der Waals surface area contributed by atoms with Gasteiger partial charge >= 0.3 is 0 Å². The minimum Gasteiger partial charge on any atom is -0.362 e. The van der Waals surface area contributed by atoms with Gasteiger partial charge in [0.1, 0.15) is 0 Å². The molecule has 1 fully saturated rings. The Balaban J connectivity index is 1.58. The zero-order valence-corrected chi connectivity index (χ0v) is 15.1. The summed E-state index contributed by atoms with van der Waals surface area (Å²) in [5.41, 5.74) is 2.66. The van der Waals surface area contributed by atoms with E-state index in [0.29, 0.717) is 6.04 Å². The zero-order chi connectivity index (χ0) is 16.8. The van der Waals surface area contributed by atoms with Crippen LogP contribution in [0.25, 0.3) is 0 Å². The Morgan fingerprint density at radius 1 is 1.04 bits per heavy atom. The summed E-state index contributed by atoms with van der Waals surface area (Å²) in [6.07, 6.45) is 3.66. The molecule has 1 N–H and O–H groups in total. The fraction of sp³-hybridized carbons (Fsp3) is 0.381. The van der Waals surface area contributed by atoms with Crippen LogP contribution in [0.3, 0.4) is 0 Å². The topological polar surface area (TPSA) is 15.3 Å². The van der Waals surface area contributed by atoms with Gasteiger partial charge in [0.2, 0.25) is 0 Å². The molecule has 0 bridgehead atoms. The van der Waals surface area contributed by atoms with Crippen LogP contribution in [-0.2, 0) is 13.0 Å². The van der Waals surface area contributed by atoms with Crippen molar-refractivity contribution in [3.63, 3.8) is 0 Å². The highest BCUT2D eigenvalue weighted by Crippen LogP contribution is 2.35.